The summed E-state index contributed by atoms with van der Waals surface area (Å²) in [5.74, 6) is -0.931. The van der Waals surface area contributed by atoms with Crippen molar-refractivity contribution in [2.24, 2.45) is 11.3 Å². The number of aliphatic carboxylic acids is 1. The summed E-state index contributed by atoms with van der Waals surface area (Å²) < 4.78 is 27.1. The van der Waals surface area contributed by atoms with Gasteiger partial charge in [0.2, 0.25) is 10.0 Å². The molecule has 3 rings (SSSR count). The third-order valence-corrected chi connectivity index (χ3v) is 7.68. The van der Waals surface area contributed by atoms with E-state index in [4.69, 9.17) is 5.26 Å². The van der Waals surface area contributed by atoms with Crippen molar-refractivity contribution >= 4 is 16.0 Å². The van der Waals surface area contributed by atoms with Gasteiger partial charge in [-0.3, -0.25) is 4.79 Å². The van der Waals surface area contributed by atoms with Crippen LogP contribution in [0.5, 0.6) is 0 Å². The topological polar surface area (TPSA) is 98.5 Å². The smallest absolute Gasteiger partial charge is 0.322 e. The van der Waals surface area contributed by atoms with Crippen molar-refractivity contribution in [2.75, 3.05) is 5.75 Å². The minimum atomic E-state index is -3.64. The number of nitriles is 1. The van der Waals surface area contributed by atoms with E-state index in [0.29, 0.717) is 6.42 Å². The van der Waals surface area contributed by atoms with Crippen molar-refractivity contribution in [1.82, 2.24) is 4.31 Å². The van der Waals surface area contributed by atoms with E-state index in [2.05, 4.69) is 6.07 Å². The molecule has 3 aliphatic rings. The van der Waals surface area contributed by atoms with E-state index >= 15 is 0 Å². The van der Waals surface area contributed by atoms with Crippen LogP contribution in [0.3, 0.4) is 0 Å². The SMILES string of the molecule is N#CCC1(CS(=O)(=O)N2C(C(=O)O)CC3CCCCC32)CC1. The Morgan fingerprint density at radius 3 is 2.59 bits per heavy atom. The van der Waals surface area contributed by atoms with E-state index in [1.54, 1.807) is 0 Å². The first-order valence-corrected chi connectivity index (χ1v) is 9.60. The number of nitrogens with zero attached hydrogens (tertiary/aromatic N) is 2. The molecule has 3 fully saturated rings. The first kappa shape index (κ1) is 15.8. The predicted molar refractivity (Wildman–Crippen MR) is 79.3 cm³/mol. The van der Waals surface area contributed by atoms with Gasteiger partial charge in [-0.25, -0.2) is 8.42 Å². The van der Waals surface area contributed by atoms with Gasteiger partial charge in [0.15, 0.2) is 0 Å². The van der Waals surface area contributed by atoms with Crippen molar-refractivity contribution in [3.05, 3.63) is 0 Å². The lowest BCUT2D eigenvalue weighted by atomic mass is 9.85. The lowest BCUT2D eigenvalue weighted by molar-refractivity contribution is -0.141. The number of rotatable bonds is 5. The molecule has 22 heavy (non-hydrogen) atoms. The summed E-state index contributed by atoms with van der Waals surface area (Å²) in [6.07, 6.45) is 5.88. The zero-order chi connectivity index (χ0) is 16.0. The Bertz CT molecular complexity index is 606. The zero-order valence-electron chi connectivity index (χ0n) is 12.6. The fourth-order valence-corrected chi connectivity index (χ4v) is 6.78. The number of hydrogen-bond donors (Lipinski definition) is 1. The molecule has 0 aromatic heterocycles. The standard InChI is InChI=1S/C15H22N2O4S/c16-8-7-15(5-6-15)10-22(20,21)17-12-4-2-1-3-11(12)9-13(17)14(18)19/h11-13H,1-7,9-10H2,(H,18,19). The molecule has 6 nitrogen and oxygen atoms in total. The minimum absolute atomic E-state index is 0.0689. The van der Waals surface area contributed by atoms with Crippen LogP contribution in [0.15, 0.2) is 0 Å². The Kier molecular flexibility index (Phi) is 3.94. The van der Waals surface area contributed by atoms with Gasteiger partial charge in [0.25, 0.3) is 0 Å². The Morgan fingerprint density at radius 2 is 2.00 bits per heavy atom. The predicted octanol–water partition coefficient (Wildman–Crippen LogP) is 1.73. The molecule has 2 saturated carbocycles. The summed E-state index contributed by atoms with van der Waals surface area (Å²) in [7, 11) is -3.64. The van der Waals surface area contributed by atoms with Crippen LogP contribution in [0.1, 0.15) is 51.4 Å². The van der Waals surface area contributed by atoms with Crippen molar-refractivity contribution in [1.29, 1.82) is 5.26 Å². The van der Waals surface area contributed by atoms with Crippen LogP contribution in [-0.2, 0) is 14.8 Å². The third-order valence-electron chi connectivity index (χ3n) is 5.54. The van der Waals surface area contributed by atoms with Crippen LogP contribution in [0, 0.1) is 22.7 Å². The second-order valence-corrected chi connectivity index (χ2v) is 9.00. The van der Waals surface area contributed by atoms with Crippen LogP contribution in [0.4, 0.5) is 0 Å². The van der Waals surface area contributed by atoms with E-state index in [1.165, 1.54) is 4.31 Å². The Balaban J connectivity index is 1.86. The summed E-state index contributed by atoms with van der Waals surface area (Å²) in [5, 5.41) is 18.3. The molecule has 7 heteroatoms. The van der Waals surface area contributed by atoms with Gasteiger partial charge >= 0.3 is 5.97 Å². The van der Waals surface area contributed by atoms with Gasteiger partial charge in [-0.2, -0.15) is 9.57 Å². The fourth-order valence-electron chi connectivity index (χ4n) is 4.21. The highest BCUT2D eigenvalue weighted by atomic mass is 32.2. The van der Waals surface area contributed by atoms with E-state index < -0.39 is 27.4 Å². The van der Waals surface area contributed by atoms with E-state index in [-0.39, 0.29) is 24.1 Å². The van der Waals surface area contributed by atoms with Gasteiger partial charge in [-0.05, 0) is 43.4 Å². The normalized spacial score (nSPS) is 33.9. The highest BCUT2D eigenvalue weighted by Gasteiger charge is 2.54. The molecular formula is C15H22N2O4S. The molecule has 1 saturated heterocycles. The monoisotopic (exact) mass is 326 g/mol. The largest absolute Gasteiger partial charge is 0.480 e. The summed E-state index contributed by atoms with van der Waals surface area (Å²) in [4.78, 5) is 11.6. The molecule has 3 unspecified atom stereocenters. The number of carbonyl (C=O) groups is 1. The molecule has 0 bridgehead atoms. The first-order valence-electron chi connectivity index (χ1n) is 8.00. The summed E-state index contributed by atoms with van der Waals surface area (Å²) >= 11 is 0. The lowest BCUT2D eigenvalue weighted by Crippen LogP contribution is -2.48. The van der Waals surface area contributed by atoms with Crippen molar-refractivity contribution in [3.8, 4) is 6.07 Å². The van der Waals surface area contributed by atoms with Crippen molar-refractivity contribution in [3.63, 3.8) is 0 Å². The van der Waals surface area contributed by atoms with E-state index in [9.17, 15) is 18.3 Å². The van der Waals surface area contributed by atoms with Crippen molar-refractivity contribution in [2.45, 2.75) is 63.5 Å². The molecule has 1 N–H and O–H groups in total. The highest BCUT2D eigenvalue weighted by Crippen LogP contribution is 2.51. The van der Waals surface area contributed by atoms with Gasteiger partial charge in [0.1, 0.15) is 6.04 Å². The van der Waals surface area contributed by atoms with Gasteiger partial charge in [-0.1, -0.05) is 12.8 Å². The Morgan fingerprint density at radius 1 is 1.32 bits per heavy atom. The highest BCUT2D eigenvalue weighted by molar-refractivity contribution is 7.89. The van der Waals surface area contributed by atoms with Gasteiger partial charge in [0, 0.05) is 12.5 Å². The third kappa shape index (κ3) is 2.74. The maximum atomic E-state index is 12.9. The van der Waals surface area contributed by atoms with Gasteiger partial charge in [-0.15, -0.1) is 0 Å². The molecule has 1 aliphatic heterocycles. The molecule has 0 aromatic rings. The summed E-state index contributed by atoms with van der Waals surface area (Å²) in [6.45, 7) is 0. The summed E-state index contributed by atoms with van der Waals surface area (Å²) in [6, 6.07) is 0.999. The number of carboxylic acid groups (broad SMARTS) is 1. The molecule has 0 radical (unpaired) electrons. The second-order valence-electron chi connectivity index (χ2n) is 7.12. The minimum Gasteiger partial charge on any atom is -0.480 e. The number of carboxylic acids is 1. The molecule has 1 heterocycles. The van der Waals surface area contributed by atoms with Crippen LogP contribution in [0.25, 0.3) is 0 Å². The maximum Gasteiger partial charge on any atom is 0.322 e. The molecule has 122 valence electrons. The van der Waals surface area contributed by atoms with Crippen LogP contribution < -0.4 is 0 Å². The number of sulfonamides is 1. The van der Waals surface area contributed by atoms with Crippen LogP contribution in [-0.4, -0.2) is 41.6 Å². The average Bonchev–Trinajstić information content (AvgIpc) is 3.05. The van der Waals surface area contributed by atoms with E-state index in [0.717, 1.165) is 38.5 Å². The second kappa shape index (κ2) is 5.50. The van der Waals surface area contributed by atoms with E-state index in [1.807, 2.05) is 0 Å². The molecule has 0 aromatic carbocycles. The Hall–Kier alpha value is -1.13. The quantitative estimate of drug-likeness (QED) is 0.829. The van der Waals surface area contributed by atoms with Gasteiger partial charge < -0.3 is 5.11 Å². The average molecular weight is 326 g/mol. The number of hydrogen-bond acceptors (Lipinski definition) is 4. The maximum absolute atomic E-state index is 12.9. The molecular weight excluding hydrogens is 304 g/mol. The Labute approximate surface area is 131 Å². The molecule has 3 atom stereocenters. The van der Waals surface area contributed by atoms with Gasteiger partial charge in [0.05, 0.1) is 11.8 Å². The molecule has 2 aliphatic carbocycles. The fraction of sp³-hybridized carbons (Fsp3) is 0.867. The lowest BCUT2D eigenvalue weighted by Gasteiger charge is -2.33. The molecule has 0 amide bonds. The van der Waals surface area contributed by atoms with Crippen LogP contribution in [0.2, 0.25) is 0 Å². The zero-order valence-corrected chi connectivity index (χ0v) is 13.4. The van der Waals surface area contributed by atoms with Crippen LogP contribution >= 0.6 is 0 Å². The summed E-state index contributed by atoms with van der Waals surface area (Å²) in [5.41, 5.74) is -0.427. The molecule has 0 spiro atoms. The first-order chi connectivity index (χ1) is 10.4. The number of fused-ring (bicyclic) bond motifs is 1. The van der Waals surface area contributed by atoms with Crippen molar-refractivity contribution < 1.29 is 18.3 Å².